The van der Waals surface area contributed by atoms with E-state index in [4.69, 9.17) is 21.1 Å². The number of ether oxygens (including phenoxy) is 2. The highest BCUT2D eigenvalue weighted by Gasteiger charge is 2.30. The zero-order valence-corrected chi connectivity index (χ0v) is 12.1. The Hall–Kier alpha value is -1.14. The van der Waals surface area contributed by atoms with Crippen LogP contribution in [0.15, 0.2) is 18.2 Å². The molecule has 0 saturated heterocycles. The molecule has 0 radical (unpaired) electrons. The minimum absolute atomic E-state index is 0.142. The number of nitrogens with zero attached hydrogens (tertiary/aromatic N) is 1. The highest BCUT2D eigenvalue weighted by molar-refractivity contribution is 6.18. The van der Waals surface area contributed by atoms with Gasteiger partial charge in [0.15, 0.2) is 11.5 Å². The molecule has 1 aromatic carbocycles. The van der Waals surface area contributed by atoms with Gasteiger partial charge >= 0.3 is 6.18 Å². The van der Waals surface area contributed by atoms with Crippen molar-refractivity contribution in [2.45, 2.75) is 12.7 Å². The lowest BCUT2D eigenvalue weighted by Crippen LogP contribution is -2.35. The summed E-state index contributed by atoms with van der Waals surface area (Å²) in [6.07, 6.45) is -4.25. The molecular weight excluding hydrogens is 295 g/mol. The van der Waals surface area contributed by atoms with E-state index < -0.39 is 12.7 Å². The quantitative estimate of drug-likeness (QED) is 0.721. The van der Waals surface area contributed by atoms with Gasteiger partial charge in [-0.3, -0.25) is 4.90 Å². The van der Waals surface area contributed by atoms with Crippen molar-refractivity contribution in [3.05, 3.63) is 23.8 Å². The van der Waals surface area contributed by atoms with E-state index in [0.717, 1.165) is 0 Å². The smallest absolute Gasteiger partial charge is 0.401 e. The van der Waals surface area contributed by atoms with Crippen LogP contribution in [0, 0.1) is 0 Å². The lowest BCUT2D eigenvalue weighted by Gasteiger charge is -2.23. The summed E-state index contributed by atoms with van der Waals surface area (Å²) in [5.74, 6) is 1.17. The van der Waals surface area contributed by atoms with Crippen LogP contribution in [-0.4, -0.2) is 44.3 Å². The van der Waals surface area contributed by atoms with E-state index in [1.54, 1.807) is 18.2 Å². The molecule has 0 aliphatic carbocycles. The van der Waals surface area contributed by atoms with Gasteiger partial charge in [-0.25, -0.2) is 0 Å². The minimum Gasteiger partial charge on any atom is -0.493 e. The fraction of sp³-hybridized carbons (Fsp3) is 0.538. The fourth-order valence-electron chi connectivity index (χ4n) is 1.82. The van der Waals surface area contributed by atoms with Crippen molar-refractivity contribution >= 4 is 11.6 Å². The van der Waals surface area contributed by atoms with E-state index in [9.17, 15) is 13.2 Å². The summed E-state index contributed by atoms with van der Waals surface area (Å²) in [7, 11) is 2.98. The van der Waals surface area contributed by atoms with Crippen molar-refractivity contribution in [2.75, 3.05) is 33.2 Å². The standard InChI is InChI=1S/C13H17ClF3NO2/c1-19-11-4-3-10(7-12(11)20-2)8-18(6-5-14)9-13(15,16)17/h3-4,7H,5-6,8-9H2,1-2H3. The molecule has 3 nitrogen and oxygen atoms in total. The van der Waals surface area contributed by atoms with E-state index in [0.29, 0.717) is 17.1 Å². The van der Waals surface area contributed by atoms with Gasteiger partial charge < -0.3 is 9.47 Å². The van der Waals surface area contributed by atoms with Crippen molar-refractivity contribution in [1.29, 1.82) is 0 Å². The van der Waals surface area contributed by atoms with Gasteiger partial charge in [0.25, 0.3) is 0 Å². The van der Waals surface area contributed by atoms with Crippen molar-refractivity contribution in [3.8, 4) is 11.5 Å². The van der Waals surface area contributed by atoms with E-state index in [1.807, 2.05) is 0 Å². The molecule has 0 N–H and O–H groups in total. The molecule has 0 atom stereocenters. The maximum absolute atomic E-state index is 12.5. The Morgan fingerprint density at radius 1 is 1.15 bits per heavy atom. The van der Waals surface area contributed by atoms with Crippen molar-refractivity contribution in [2.24, 2.45) is 0 Å². The van der Waals surface area contributed by atoms with Crippen LogP contribution in [0.1, 0.15) is 5.56 Å². The average molecular weight is 312 g/mol. The second-order valence-corrected chi connectivity index (χ2v) is 4.58. The van der Waals surface area contributed by atoms with Crippen molar-refractivity contribution in [1.82, 2.24) is 4.90 Å². The molecule has 0 amide bonds. The van der Waals surface area contributed by atoms with Gasteiger partial charge in [-0.1, -0.05) is 6.07 Å². The molecule has 7 heteroatoms. The van der Waals surface area contributed by atoms with Crippen molar-refractivity contribution < 1.29 is 22.6 Å². The summed E-state index contributed by atoms with van der Waals surface area (Å²) in [5.41, 5.74) is 0.706. The molecule has 0 fully saturated rings. The first-order chi connectivity index (χ1) is 9.39. The van der Waals surface area contributed by atoms with E-state index in [-0.39, 0.29) is 19.0 Å². The number of alkyl halides is 4. The summed E-state index contributed by atoms with van der Waals surface area (Å²) < 4.78 is 47.6. The average Bonchev–Trinajstić information content (AvgIpc) is 2.37. The van der Waals surface area contributed by atoms with Crippen LogP contribution >= 0.6 is 11.6 Å². The molecule has 0 spiro atoms. The van der Waals surface area contributed by atoms with Gasteiger partial charge in [-0.2, -0.15) is 13.2 Å². The first-order valence-electron chi connectivity index (χ1n) is 5.95. The van der Waals surface area contributed by atoms with Crippen LogP contribution in [0.25, 0.3) is 0 Å². The minimum atomic E-state index is -4.25. The monoisotopic (exact) mass is 311 g/mol. The molecule has 0 saturated carbocycles. The van der Waals surface area contributed by atoms with Crippen LogP contribution < -0.4 is 9.47 Å². The predicted octanol–water partition coefficient (Wildman–Crippen LogP) is 3.31. The highest BCUT2D eigenvalue weighted by Crippen LogP contribution is 2.28. The summed E-state index contributed by atoms with van der Waals surface area (Å²) in [6.45, 7) is -0.684. The molecule has 20 heavy (non-hydrogen) atoms. The Morgan fingerprint density at radius 3 is 2.30 bits per heavy atom. The second kappa shape index (κ2) is 7.59. The summed E-state index contributed by atoms with van der Waals surface area (Å²) >= 11 is 5.54. The zero-order chi connectivity index (χ0) is 15.2. The maximum Gasteiger partial charge on any atom is 0.401 e. The van der Waals surface area contributed by atoms with E-state index in [2.05, 4.69) is 0 Å². The highest BCUT2D eigenvalue weighted by atomic mass is 35.5. The molecule has 0 bridgehead atoms. The number of halogens is 4. The van der Waals surface area contributed by atoms with Crippen LogP contribution in [0.3, 0.4) is 0 Å². The van der Waals surface area contributed by atoms with Gasteiger partial charge in [0.1, 0.15) is 0 Å². The lowest BCUT2D eigenvalue weighted by atomic mass is 10.2. The Labute approximate surface area is 121 Å². The Kier molecular flexibility index (Phi) is 6.42. The topological polar surface area (TPSA) is 21.7 Å². The summed E-state index contributed by atoms with van der Waals surface area (Å²) in [4.78, 5) is 1.24. The first kappa shape index (κ1) is 16.9. The van der Waals surface area contributed by atoms with Crippen LogP contribution in [0.5, 0.6) is 11.5 Å². The van der Waals surface area contributed by atoms with E-state index in [1.165, 1.54) is 19.1 Å². The molecular formula is C13H17ClF3NO2. The Balaban J connectivity index is 2.82. The Morgan fingerprint density at radius 2 is 1.80 bits per heavy atom. The second-order valence-electron chi connectivity index (χ2n) is 4.20. The summed E-state index contributed by atoms with van der Waals surface area (Å²) in [6, 6.07) is 5.04. The molecule has 0 aliphatic rings. The Bertz CT molecular complexity index is 427. The zero-order valence-electron chi connectivity index (χ0n) is 11.3. The largest absolute Gasteiger partial charge is 0.493 e. The maximum atomic E-state index is 12.5. The molecule has 1 rings (SSSR count). The molecule has 0 unspecified atom stereocenters. The van der Waals surface area contributed by atoms with Gasteiger partial charge in [0.05, 0.1) is 20.8 Å². The fourth-order valence-corrected chi connectivity index (χ4v) is 2.06. The van der Waals surface area contributed by atoms with Crippen LogP contribution in [-0.2, 0) is 6.54 Å². The molecule has 1 aromatic rings. The number of benzene rings is 1. The number of rotatable bonds is 7. The molecule has 0 aromatic heterocycles. The molecule has 0 heterocycles. The number of hydrogen-bond acceptors (Lipinski definition) is 3. The third-order valence-electron chi connectivity index (χ3n) is 2.66. The van der Waals surface area contributed by atoms with Gasteiger partial charge in [0.2, 0.25) is 0 Å². The SMILES string of the molecule is COc1ccc(CN(CCCl)CC(F)(F)F)cc1OC. The third-order valence-corrected chi connectivity index (χ3v) is 2.83. The normalized spacial score (nSPS) is 11.8. The number of hydrogen-bond donors (Lipinski definition) is 0. The van der Waals surface area contributed by atoms with Gasteiger partial charge in [-0.05, 0) is 17.7 Å². The van der Waals surface area contributed by atoms with E-state index >= 15 is 0 Å². The first-order valence-corrected chi connectivity index (χ1v) is 6.49. The van der Waals surface area contributed by atoms with Crippen molar-refractivity contribution in [3.63, 3.8) is 0 Å². The van der Waals surface area contributed by atoms with Crippen LogP contribution in [0.4, 0.5) is 13.2 Å². The molecule has 0 aliphatic heterocycles. The molecule has 114 valence electrons. The predicted molar refractivity (Wildman–Crippen MR) is 71.6 cm³/mol. The lowest BCUT2D eigenvalue weighted by molar-refractivity contribution is -0.146. The van der Waals surface area contributed by atoms with Crippen LogP contribution in [0.2, 0.25) is 0 Å². The number of methoxy groups -OCH3 is 2. The van der Waals surface area contributed by atoms with Gasteiger partial charge in [0, 0.05) is 19.0 Å². The van der Waals surface area contributed by atoms with Gasteiger partial charge in [-0.15, -0.1) is 11.6 Å². The summed E-state index contributed by atoms with van der Waals surface area (Å²) in [5, 5.41) is 0. The third kappa shape index (κ3) is 5.46.